The quantitative estimate of drug-likeness (QED) is 0.842. The van der Waals surface area contributed by atoms with Crippen LogP contribution in [0.1, 0.15) is 36.9 Å². The van der Waals surface area contributed by atoms with E-state index in [1.54, 1.807) is 6.20 Å². The summed E-state index contributed by atoms with van der Waals surface area (Å²) in [6, 6.07) is 6.79. The van der Waals surface area contributed by atoms with Crippen molar-refractivity contribution in [3.63, 3.8) is 0 Å². The fraction of sp³-hybridized carbons (Fsp3) is 0.625. The average Bonchev–Trinajstić information content (AvgIpc) is 2.97. The lowest BCUT2D eigenvalue weighted by Crippen LogP contribution is -2.40. The standard InChI is InChI=1S/C16H22N4/c17-11-15-10-14(4-6-18-15)12-19-9-5-16(13-19)20-7-2-1-3-8-20/h4,6,10,16H,1-3,5,7-9,12-13H2. The SMILES string of the molecule is N#Cc1cc(CN2CCC(N3CCCCC3)C2)ccn1. The molecule has 2 aliphatic heterocycles. The average molecular weight is 270 g/mol. The Balaban J connectivity index is 1.55. The van der Waals surface area contributed by atoms with Crippen molar-refractivity contribution in [2.45, 2.75) is 38.3 Å². The molecule has 0 saturated carbocycles. The molecule has 1 atom stereocenters. The maximum atomic E-state index is 8.90. The molecule has 4 nitrogen and oxygen atoms in total. The van der Waals surface area contributed by atoms with Gasteiger partial charge in [-0.25, -0.2) is 4.98 Å². The van der Waals surface area contributed by atoms with Gasteiger partial charge in [-0.15, -0.1) is 0 Å². The van der Waals surface area contributed by atoms with E-state index in [4.69, 9.17) is 5.26 Å². The summed E-state index contributed by atoms with van der Waals surface area (Å²) in [4.78, 5) is 9.22. The number of aromatic nitrogens is 1. The molecule has 1 unspecified atom stereocenters. The molecule has 0 radical (unpaired) electrons. The summed E-state index contributed by atoms with van der Waals surface area (Å²) in [5.41, 5.74) is 1.73. The third-order valence-electron chi connectivity index (χ3n) is 4.50. The zero-order chi connectivity index (χ0) is 13.8. The van der Waals surface area contributed by atoms with Gasteiger partial charge in [0.2, 0.25) is 0 Å². The highest BCUT2D eigenvalue weighted by Crippen LogP contribution is 2.21. The maximum absolute atomic E-state index is 8.90. The lowest BCUT2D eigenvalue weighted by molar-refractivity contribution is 0.161. The summed E-state index contributed by atoms with van der Waals surface area (Å²) in [6.07, 6.45) is 7.17. The fourth-order valence-electron chi connectivity index (χ4n) is 3.43. The van der Waals surface area contributed by atoms with Crippen LogP contribution >= 0.6 is 0 Å². The second-order valence-corrected chi connectivity index (χ2v) is 5.94. The minimum absolute atomic E-state index is 0.522. The second-order valence-electron chi connectivity index (χ2n) is 5.94. The molecule has 4 heteroatoms. The molecule has 0 aliphatic carbocycles. The van der Waals surface area contributed by atoms with E-state index in [1.807, 2.05) is 12.1 Å². The topological polar surface area (TPSA) is 43.2 Å². The number of nitriles is 1. The molecule has 2 aliphatic rings. The summed E-state index contributed by atoms with van der Waals surface area (Å²) < 4.78 is 0. The van der Waals surface area contributed by atoms with Crippen molar-refractivity contribution in [1.29, 1.82) is 5.26 Å². The van der Waals surface area contributed by atoms with Gasteiger partial charge in [0.05, 0.1) is 0 Å². The van der Waals surface area contributed by atoms with Crippen LogP contribution in [-0.4, -0.2) is 47.0 Å². The van der Waals surface area contributed by atoms with Crippen molar-refractivity contribution in [1.82, 2.24) is 14.8 Å². The first-order valence-electron chi connectivity index (χ1n) is 7.66. The second kappa shape index (κ2) is 6.34. The van der Waals surface area contributed by atoms with Crippen LogP contribution in [0.3, 0.4) is 0 Å². The molecular weight excluding hydrogens is 248 g/mol. The first-order valence-corrected chi connectivity index (χ1v) is 7.66. The van der Waals surface area contributed by atoms with Crippen molar-refractivity contribution < 1.29 is 0 Å². The predicted octanol–water partition coefficient (Wildman–Crippen LogP) is 2.01. The molecule has 0 spiro atoms. The number of rotatable bonds is 3. The monoisotopic (exact) mass is 270 g/mol. The molecule has 0 N–H and O–H groups in total. The Morgan fingerprint density at radius 3 is 2.90 bits per heavy atom. The molecule has 3 rings (SSSR count). The predicted molar refractivity (Wildman–Crippen MR) is 78.1 cm³/mol. The number of hydrogen-bond acceptors (Lipinski definition) is 4. The Bertz CT molecular complexity index is 487. The molecule has 0 bridgehead atoms. The van der Waals surface area contributed by atoms with Crippen LogP contribution in [-0.2, 0) is 6.54 Å². The highest BCUT2D eigenvalue weighted by molar-refractivity contribution is 5.25. The first-order chi connectivity index (χ1) is 9.85. The van der Waals surface area contributed by atoms with Crippen molar-refractivity contribution in [2.24, 2.45) is 0 Å². The lowest BCUT2D eigenvalue weighted by Gasteiger charge is -2.32. The van der Waals surface area contributed by atoms with Crippen LogP contribution in [0.15, 0.2) is 18.3 Å². The van der Waals surface area contributed by atoms with Gasteiger partial charge >= 0.3 is 0 Å². The minimum atomic E-state index is 0.522. The van der Waals surface area contributed by atoms with Crippen molar-refractivity contribution in [3.8, 4) is 6.07 Å². The van der Waals surface area contributed by atoms with Crippen molar-refractivity contribution in [2.75, 3.05) is 26.2 Å². The Morgan fingerprint density at radius 1 is 1.25 bits per heavy atom. The zero-order valence-corrected chi connectivity index (χ0v) is 12.0. The number of pyridine rings is 1. The van der Waals surface area contributed by atoms with Gasteiger partial charge in [-0.05, 0) is 50.0 Å². The van der Waals surface area contributed by atoms with E-state index in [0.29, 0.717) is 5.69 Å². The minimum Gasteiger partial charge on any atom is -0.299 e. The summed E-state index contributed by atoms with van der Waals surface area (Å²) >= 11 is 0. The summed E-state index contributed by atoms with van der Waals surface area (Å²) in [5.74, 6) is 0. The Kier molecular flexibility index (Phi) is 4.29. The van der Waals surface area contributed by atoms with E-state index in [-0.39, 0.29) is 0 Å². The van der Waals surface area contributed by atoms with E-state index >= 15 is 0 Å². The van der Waals surface area contributed by atoms with Gasteiger partial charge < -0.3 is 0 Å². The fourth-order valence-corrected chi connectivity index (χ4v) is 3.43. The lowest BCUT2D eigenvalue weighted by atomic mass is 10.1. The molecule has 2 fully saturated rings. The number of likely N-dealkylation sites (tertiary alicyclic amines) is 2. The molecule has 3 heterocycles. The van der Waals surface area contributed by atoms with Gasteiger partial charge in [0.25, 0.3) is 0 Å². The molecule has 0 aromatic carbocycles. The van der Waals surface area contributed by atoms with Gasteiger partial charge in [0.1, 0.15) is 11.8 Å². The molecule has 106 valence electrons. The number of piperidine rings is 1. The van der Waals surface area contributed by atoms with Crippen LogP contribution in [0.5, 0.6) is 0 Å². The highest BCUT2D eigenvalue weighted by atomic mass is 15.3. The van der Waals surface area contributed by atoms with Gasteiger partial charge in [0, 0.05) is 31.9 Å². The van der Waals surface area contributed by atoms with E-state index in [2.05, 4.69) is 20.9 Å². The Morgan fingerprint density at radius 2 is 2.10 bits per heavy atom. The Hall–Kier alpha value is -1.44. The highest BCUT2D eigenvalue weighted by Gasteiger charge is 2.28. The summed E-state index contributed by atoms with van der Waals surface area (Å²) in [7, 11) is 0. The van der Waals surface area contributed by atoms with Crippen LogP contribution in [0.25, 0.3) is 0 Å². The van der Waals surface area contributed by atoms with Gasteiger partial charge in [0.15, 0.2) is 0 Å². The zero-order valence-electron chi connectivity index (χ0n) is 12.0. The van der Waals surface area contributed by atoms with Gasteiger partial charge in [-0.2, -0.15) is 5.26 Å². The summed E-state index contributed by atoms with van der Waals surface area (Å²) in [5, 5.41) is 8.90. The molecule has 2 saturated heterocycles. The number of nitrogens with zero attached hydrogens (tertiary/aromatic N) is 4. The van der Waals surface area contributed by atoms with E-state index in [0.717, 1.165) is 12.6 Å². The van der Waals surface area contributed by atoms with E-state index in [9.17, 15) is 0 Å². The normalized spacial score (nSPS) is 24.6. The van der Waals surface area contributed by atoms with Crippen molar-refractivity contribution in [3.05, 3.63) is 29.6 Å². The molecular formula is C16H22N4. The van der Waals surface area contributed by atoms with Crippen LogP contribution < -0.4 is 0 Å². The van der Waals surface area contributed by atoms with Crippen molar-refractivity contribution >= 4 is 0 Å². The largest absolute Gasteiger partial charge is 0.299 e. The third-order valence-corrected chi connectivity index (χ3v) is 4.50. The van der Waals surface area contributed by atoms with E-state index < -0.39 is 0 Å². The smallest absolute Gasteiger partial charge is 0.140 e. The van der Waals surface area contributed by atoms with Crippen LogP contribution in [0.4, 0.5) is 0 Å². The molecule has 1 aromatic rings. The molecule has 1 aromatic heterocycles. The third kappa shape index (κ3) is 3.17. The Labute approximate surface area is 121 Å². The first kappa shape index (κ1) is 13.5. The van der Waals surface area contributed by atoms with E-state index in [1.165, 1.54) is 57.4 Å². The summed E-state index contributed by atoms with van der Waals surface area (Å²) in [6.45, 7) is 5.86. The number of hydrogen-bond donors (Lipinski definition) is 0. The van der Waals surface area contributed by atoms with Crippen LogP contribution in [0, 0.1) is 11.3 Å². The van der Waals surface area contributed by atoms with Crippen LogP contribution in [0.2, 0.25) is 0 Å². The van der Waals surface area contributed by atoms with Gasteiger partial charge in [-0.1, -0.05) is 6.42 Å². The molecule has 20 heavy (non-hydrogen) atoms. The van der Waals surface area contributed by atoms with Gasteiger partial charge in [-0.3, -0.25) is 9.80 Å². The maximum Gasteiger partial charge on any atom is 0.140 e. The molecule has 0 amide bonds.